The molecule has 1 aliphatic heterocycles. The van der Waals surface area contributed by atoms with E-state index in [4.69, 9.17) is 10.5 Å². The zero-order valence-corrected chi connectivity index (χ0v) is 12.7. The Hall–Kier alpha value is -1.71. The number of anilines is 1. The second-order valence-corrected chi connectivity index (χ2v) is 5.94. The van der Waals surface area contributed by atoms with E-state index in [1.165, 1.54) is 6.42 Å². The summed E-state index contributed by atoms with van der Waals surface area (Å²) in [6.45, 7) is 7.31. The van der Waals surface area contributed by atoms with Crippen LogP contribution in [0.3, 0.4) is 0 Å². The van der Waals surface area contributed by atoms with Crippen LogP contribution in [0.2, 0.25) is 0 Å². The fourth-order valence-corrected chi connectivity index (χ4v) is 3.09. The highest BCUT2D eigenvalue weighted by molar-refractivity contribution is 5.98. The molecule has 1 aromatic carbocycles. The third-order valence-electron chi connectivity index (χ3n) is 4.34. The Morgan fingerprint density at radius 2 is 2.05 bits per heavy atom. The number of nitrogens with two attached hydrogens (primary N) is 1. The smallest absolute Gasteiger partial charge is 0.257 e. The Morgan fingerprint density at radius 3 is 2.70 bits per heavy atom. The molecule has 0 spiro atoms. The number of nitrogens with zero attached hydrogens (tertiary/aromatic N) is 1. The Bertz CT molecular complexity index is 501. The topological polar surface area (TPSA) is 55.6 Å². The van der Waals surface area contributed by atoms with Crippen molar-refractivity contribution in [2.75, 3.05) is 19.4 Å². The molecule has 1 saturated heterocycles. The molecule has 1 fully saturated rings. The third kappa shape index (κ3) is 2.60. The van der Waals surface area contributed by atoms with E-state index in [9.17, 15) is 4.79 Å². The molecule has 1 aliphatic rings. The summed E-state index contributed by atoms with van der Waals surface area (Å²) in [4.78, 5) is 14.8. The first kappa shape index (κ1) is 14.7. The van der Waals surface area contributed by atoms with Gasteiger partial charge in [-0.15, -0.1) is 0 Å². The molecule has 3 unspecified atom stereocenters. The standard InChI is InChI=1S/C16H24N2O2/c1-10-8-11(2)12(3)18(9-10)16(19)13-6-5-7-14(17)15(13)20-4/h5-7,10-12H,8-9,17H2,1-4H3. The molecule has 4 heteroatoms. The predicted molar refractivity (Wildman–Crippen MR) is 80.8 cm³/mol. The summed E-state index contributed by atoms with van der Waals surface area (Å²) in [6, 6.07) is 5.58. The largest absolute Gasteiger partial charge is 0.494 e. The fraction of sp³-hybridized carbons (Fsp3) is 0.562. The number of methoxy groups -OCH3 is 1. The minimum Gasteiger partial charge on any atom is -0.494 e. The third-order valence-corrected chi connectivity index (χ3v) is 4.34. The number of para-hydroxylation sites is 1. The van der Waals surface area contributed by atoms with Crippen molar-refractivity contribution in [3.8, 4) is 5.75 Å². The van der Waals surface area contributed by atoms with Crippen molar-refractivity contribution in [3.05, 3.63) is 23.8 Å². The first-order valence-corrected chi connectivity index (χ1v) is 7.19. The summed E-state index contributed by atoms with van der Waals surface area (Å²) in [5, 5.41) is 0. The Labute approximate surface area is 120 Å². The van der Waals surface area contributed by atoms with Crippen LogP contribution >= 0.6 is 0 Å². The Balaban J connectivity index is 2.33. The molecule has 0 bridgehead atoms. The van der Waals surface area contributed by atoms with Crippen LogP contribution in [0.15, 0.2) is 18.2 Å². The number of likely N-dealkylation sites (tertiary alicyclic amines) is 1. The van der Waals surface area contributed by atoms with Gasteiger partial charge in [0.2, 0.25) is 0 Å². The van der Waals surface area contributed by atoms with Crippen LogP contribution in [-0.4, -0.2) is 30.5 Å². The van der Waals surface area contributed by atoms with Gasteiger partial charge in [0.25, 0.3) is 5.91 Å². The lowest BCUT2D eigenvalue weighted by atomic mass is 9.85. The number of amides is 1. The van der Waals surface area contributed by atoms with Crippen molar-refractivity contribution < 1.29 is 9.53 Å². The number of hydrogen-bond acceptors (Lipinski definition) is 3. The summed E-state index contributed by atoms with van der Waals surface area (Å²) in [7, 11) is 1.55. The average Bonchev–Trinajstić information content (AvgIpc) is 2.41. The van der Waals surface area contributed by atoms with Gasteiger partial charge in [0.15, 0.2) is 5.75 Å². The highest BCUT2D eigenvalue weighted by atomic mass is 16.5. The molecule has 1 heterocycles. The monoisotopic (exact) mass is 276 g/mol. The van der Waals surface area contributed by atoms with Crippen LogP contribution in [0.1, 0.15) is 37.6 Å². The van der Waals surface area contributed by atoms with Crippen LogP contribution in [-0.2, 0) is 0 Å². The van der Waals surface area contributed by atoms with Crippen LogP contribution in [0.4, 0.5) is 5.69 Å². The van der Waals surface area contributed by atoms with Crippen molar-refractivity contribution in [3.63, 3.8) is 0 Å². The van der Waals surface area contributed by atoms with Crippen molar-refractivity contribution in [2.24, 2.45) is 11.8 Å². The normalized spacial score (nSPS) is 26.4. The van der Waals surface area contributed by atoms with E-state index in [-0.39, 0.29) is 11.9 Å². The zero-order valence-electron chi connectivity index (χ0n) is 12.7. The van der Waals surface area contributed by atoms with E-state index in [1.807, 2.05) is 4.90 Å². The van der Waals surface area contributed by atoms with E-state index in [0.717, 1.165) is 6.54 Å². The molecule has 110 valence electrons. The molecule has 4 nitrogen and oxygen atoms in total. The first-order chi connectivity index (χ1) is 9.45. The summed E-state index contributed by atoms with van der Waals surface area (Å²) >= 11 is 0. The predicted octanol–water partition coefficient (Wildman–Crippen LogP) is 2.78. The zero-order chi connectivity index (χ0) is 14.9. The van der Waals surface area contributed by atoms with E-state index in [0.29, 0.717) is 28.8 Å². The minimum atomic E-state index is 0.0139. The lowest BCUT2D eigenvalue weighted by Crippen LogP contribution is -2.48. The molecule has 2 N–H and O–H groups in total. The maximum Gasteiger partial charge on any atom is 0.257 e. The van der Waals surface area contributed by atoms with Gasteiger partial charge < -0.3 is 15.4 Å². The van der Waals surface area contributed by atoms with Gasteiger partial charge >= 0.3 is 0 Å². The number of carbonyl (C=O) groups is 1. The molecular weight excluding hydrogens is 252 g/mol. The number of rotatable bonds is 2. The molecular formula is C16H24N2O2. The molecule has 0 aliphatic carbocycles. The van der Waals surface area contributed by atoms with Gasteiger partial charge in [0, 0.05) is 12.6 Å². The summed E-state index contributed by atoms with van der Waals surface area (Å²) in [5.41, 5.74) is 6.95. The lowest BCUT2D eigenvalue weighted by molar-refractivity contribution is 0.0453. The molecule has 3 atom stereocenters. The Kier molecular flexibility index (Phi) is 4.21. The summed E-state index contributed by atoms with van der Waals surface area (Å²) in [5.74, 6) is 1.53. The van der Waals surface area contributed by atoms with Crippen LogP contribution in [0.5, 0.6) is 5.75 Å². The fourth-order valence-electron chi connectivity index (χ4n) is 3.09. The number of ether oxygens (including phenoxy) is 1. The number of hydrogen-bond donors (Lipinski definition) is 1. The average molecular weight is 276 g/mol. The van der Waals surface area contributed by atoms with Gasteiger partial charge in [0.05, 0.1) is 18.4 Å². The van der Waals surface area contributed by atoms with Crippen molar-refractivity contribution >= 4 is 11.6 Å². The quantitative estimate of drug-likeness (QED) is 0.845. The second-order valence-electron chi connectivity index (χ2n) is 5.94. The van der Waals surface area contributed by atoms with E-state index >= 15 is 0 Å². The van der Waals surface area contributed by atoms with Crippen LogP contribution < -0.4 is 10.5 Å². The molecule has 0 radical (unpaired) electrons. The maximum absolute atomic E-state index is 12.8. The maximum atomic E-state index is 12.8. The summed E-state index contributed by atoms with van der Waals surface area (Å²) < 4.78 is 5.30. The summed E-state index contributed by atoms with van der Waals surface area (Å²) in [6.07, 6.45) is 1.17. The number of nitrogen functional groups attached to an aromatic ring is 1. The first-order valence-electron chi connectivity index (χ1n) is 7.19. The van der Waals surface area contributed by atoms with Gasteiger partial charge in [-0.2, -0.15) is 0 Å². The Morgan fingerprint density at radius 1 is 1.35 bits per heavy atom. The van der Waals surface area contributed by atoms with Gasteiger partial charge in [-0.05, 0) is 37.3 Å². The van der Waals surface area contributed by atoms with Crippen molar-refractivity contribution in [1.29, 1.82) is 0 Å². The highest BCUT2D eigenvalue weighted by Crippen LogP contribution is 2.32. The van der Waals surface area contributed by atoms with Crippen LogP contribution in [0.25, 0.3) is 0 Å². The number of piperidine rings is 1. The molecule has 2 rings (SSSR count). The van der Waals surface area contributed by atoms with Crippen LogP contribution in [0, 0.1) is 11.8 Å². The highest BCUT2D eigenvalue weighted by Gasteiger charge is 2.33. The second kappa shape index (κ2) is 5.73. The number of benzene rings is 1. The van der Waals surface area contributed by atoms with E-state index in [1.54, 1.807) is 25.3 Å². The minimum absolute atomic E-state index is 0.0139. The number of carbonyl (C=O) groups excluding carboxylic acids is 1. The molecule has 0 saturated carbocycles. The molecule has 1 amide bonds. The molecule has 0 aromatic heterocycles. The van der Waals surface area contributed by atoms with Gasteiger partial charge in [0.1, 0.15) is 0 Å². The van der Waals surface area contributed by atoms with E-state index < -0.39 is 0 Å². The molecule has 1 aromatic rings. The van der Waals surface area contributed by atoms with Crippen molar-refractivity contribution in [1.82, 2.24) is 4.90 Å². The van der Waals surface area contributed by atoms with Gasteiger partial charge in [-0.25, -0.2) is 0 Å². The molecule has 20 heavy (non-hydrogen) atoms. The van der Waals surface area contributed by atoms with Gasteiger partial charge in [-0.3, -0.25) is 4.79 Å². The lowest BCUT2D eigenvalue weighted by Gasteiger charge is -2.41. The van der Waals surface area contributed by atoms with Gasteiger partial charge in [-0.1, -0.05) is 19.9 Å². The van der Waals surface area contributed by atoms with E-state index in [2.05, 4.69) is 20.8 Å². The van der Waals surface area contributed by atoms with Crippen molar-refractivity contribution in [2.45, 2.75) is 33.2 Å². The SMILES string of the molecule is COc1c(N)cccc1C(=O)N1CC(C)CC(C)C1C.